The molecule has 2 nitrogen and oxygen atoms in total. The van der Waals surface area contributed by atoms with Crippen LogP contribution in [0.4, 0.5) is 0 Å². The Bertz CT molecular complexity index is 697. The van der Waals surface area contributed by atoms with Crippen molar-refractivity contribution >= 4 is 11.6 Å². The van der Waals surface area contributed by atoms with Gasteiger partial charge in [-0.25, -0.2) is 0 Å². The highest BCUT2D eigenvalue weighted by molar-refractivity contribution is 6.18. The van der Waals surface area contributed by atoms with Crippen LogP contribution >= 0.6 is 11.6 Å². The van der Waals surface area contributed by atoms with Gasteiger partial charge in [-0.2, -0.15) is 0 Å². The van der Waals surface area contributed by atoms with E-state index in [1.54, 1.807) is 0 Å². The molecule has 0 spiro atoms. The Hall–Kier alpha value is -1.35. The van der Waals surface area contributed by atoms with Gasteiger partial charge in [0.2, 0.25) is 0 Å². The molecule has 2 aliphatic rings. The molecule has 108 valence electrons. The monoisotopic (exact) mass is 300 g/mol. The molecule has 0 radical (unpaired) electrons. The summed E-state index contributed by atoms with van der Waals surface area (Å²) in [7, 11) is 0. The SMILES string of the molecule is CC1(c2ccc3c(c2)Cc2ccccc2-3)OCC(CCl)O1. The molecule has 3 heteroatoms. The van der Waals surface area contributed by atoms with E-state index in [0.717, 1.165) is 12.0 Å². The second kappa shape index (κ2) is 4.84. The number of hydrogen-bond acceptors (Lipinski definition) is 2. The molecule has 1 saturated heterocycles. The predicted molar refractivity (Wildman–Crippen MR) is 83.6 cm³/mol. The summed E-state index contributed by atoms with van der Waals surface area (Å²) >= 11 is 5.87. The molecule has 0 aromatic heterocycles. The van der Waals surface area contributed by atoms with Gasteiger partial charge >= 0.3 is 0 Å². The third-order valence-electron chi connectivity index (χ3n) is 4.43. The maximum atomic E-state index is 5.97. The fourth-order valence-electron chi connectivity index (χ4n) is 3.29. The Morgan fingerprint density at radius 1 is 1.14 bits per heavy atom. The van der Waals surface area contributed by atoms with Crippen LogP contribution in [0.5, 0.6) is 0 Å². The molecule has 1 heterocycles. The molecule has 0 amide bonds. The van der Waals surface area contributed by atoms with Crippen molar-refractivity contribution in [3.05, 3.63) is 59.2 Å². The van der Waals surface area contributed by atoms with Gasteiger partial charge in [-0.3, -0.25) is 0 Å². The molecule has 2 aromatic rings. The zero-order chi connectivity index (χ0) is 14.4. The van der Waals surface area contributed by atoms with Crippen LogP contribution in [-0.2, 0) is 21.7 Å². The molecule has 2 aromatic carbocycles. The number of halogens is 1. The van der Waals surface area contributed by atoms with Crippen molar-refractivity contribution in [2.45, 2.75) is 25.2 Å². The van der Waals surface area contributed by atoms with Crippen molar-refractivity contribution in [1.29, 1.82) is 0 Å². The van der Waals surface area contributed by atoms with Crippen LogP contribution in [0.3, 0.4) is 0 Å². The summed E-state index contributed by atoms with van der Waals surface area (Å²) in [4.78, 5) is 0. The van der Waals surface area contributed by atoms with Gasteiger partial charge < -0.3 is 9.47 Å². The molecule has 1 aliphatic carbocycles. The topological polar surface area (TPSA) is 18.5 Å². The first-order valence-corrected chi connectivity index (χ1v) is 7.82. The first-order chi connectivity index (χ1) is 10.2. The van der Waals surface area contributed by atoms with E-state index in [0.29, 0.717) is 12.5 Å². The fourth-order valence-corrected chi connectivity index (χ4v) is 3.45. The zero-order valence-corrected chi connectivity index (χ0v) is 12.7. The van der Waals surface area contributed by atoms with Gasteiger partial charge in [-0.05, 0) is 41.7 Å². The van der Waals surface area contributed by atoms with Crippen molar-refractivity contribution in [2.24, 2.45) is 0 Å². The molecule has 1 aliphatic heterocycles. The fraction of sp³-hybridized carbons (Fsp3) is 0.333. The summed E-state index contributed by atoms with van der Waals surface area (Å²) in [6, 6.07) is 15.1. The third-order valence-corrected chi connectivity index (χ3v) is 4.77. The first kappa shape index (κ1) is 13.3. The minimum atomic E-state index is -0.677. The molecule has 2 unspecified atom stereocenters. The summed E-state index contributed by atoms with van der Waals surface area (Å²) in [5.74, 6) is -0.213. The highest BCUT2D eigenvalue weighted by atomic mass is 35.5. The summed E-state index contributed by atoms with van der Waals surface area (Å²) in [5.41, 5.74) is 6.47. The van der Waals surface area contributed by atoms with Gasteiger partial charge in [-0.1, -0.05) is 36.4 Å². The van der Waals surface area contributed by atoms with Gasteiger partial charge in [0.15, 0.2) is 5.79 Å². The standard InChI is InChI=1S/C18H17ClO2/c1-18(20-11-15(10-19)21-18)14-6-7-17-13(9-14)8-12-4-2-3-5-16(12)17/h2-7,9,15H,8,10-11H2,1H3. The Morgan fingerprint density at radius 2 is 1.95 bits per heavy atom. The molecule has 1 fully saturated rings. The summed E-state index contributed by atoms with van der Waals surface area (Å²) in [6.45, 7) is 2.53. The van der Waals surface area contributed by atoms with Crippen LogP contribution in [0.15, 0.2) is 42.5 Å². The van der Waals surface area contributed by atoms with Gasteiger partial charge in [0.25, 0.3) is 0 Å². The van der Waals surface area contributed by atoms with E-state index in [2.05, 4.69) is 42.5 Å². The Morgan fingerprint density at radius 3 is 2.76 bits per heavy atom. The van der Waals surface area contributed by atoms with Crippen LogP contribution < -0.4 is 0 Å². The van der Waals surface area contributed by atoms with E-state index < -0.39 is 5.79 Å². The van der Waals surface area contributed by atoms with Crippen molar-refractivity contribution in [3.63, 3.8) is 0 Å². The number of alkyl halides is 1. The Labute approximate surface area is 129 Å². The second-order valence-corrected chi connectivity index (χ2v) is 6.17. The van der Waals surface area contributed by atoms with Gasteiger partial charge in [0.05, 0.1) is 18.6 Å². The van der Waals surface area contributed by atoms with Crippen LogP contribution in [0.1, 0.15) is 23.6 Å². The zero-order valence-electron chi connectivity index (χ0n) is 11.9. The minimum Gasteiger partial charge on any atom is -0.343 e. The first-order valence-electron chi connectivity index (χ1n) is 7.29. The Balaban J connectivity index is 1.71. The lowest BCUT2D eigenvalue weighted by atomic mass is 9.99. The molecule has 0 N–H and O–H groups in total. The molecular formula is C18H17ClO2. The average Bonchev–Trinajstić information content (AvgIpc) is 3.08. The summed E-state index contributed by atoms with van der Waals surface area (Å²) in [6.07, 6.45) is 0.955. The van der Waals surface area contributed by atoms with Crippen molar-refractivity contribution in [2.75, 3.05) is 12.5 Å². The normalized spacial score (nSPS) is 26.7. The number of fused-ring (bicyclic) bond motifs is 3. The highest BCUT2D eigenvalue weighted by Crippen LogP contribution is 2.40. The quantitative estimate of drug-likeness (QED) is 0.664. The largest absolute Gasteiger partial charge is 0.343 e. The second-order valence-electron chi connectivity index (χ2n) is 5.86. The maximum absolute atomic E-state index is 5.97. The molecular weight excluding hydrogens is 284 g/mol. The van der Waals surface area contributed by atoms with Gasteiger partial charge in [0, 0.05) is 5.56 Å². The minimum absolute atomic E-state index is 0.0258. The van der Waals surface area contributed by atoms with Crippen LogP contribution in [0.25, 0.3) is 11.1 Å². The average molecular weight is 301 g/mol. The third kappa shape index (κ3) is 2.10. The van der Waals surface area contributed by atoms with Crippen LogP contribution in [-0.4, -0.2) is 18.6 Å². The van der Waals surface area contributed by atoms with E-state index in [9.17, 15) is 0 Å². The molecule has 0 saturated carbocycles. The number of benzene rings is 2. The molecule has 21 heavy (non-hydrogen) atoms. The van der Waals surface area contributed by atoms with Crippen molar-refractivity contribution in [1.82, 2.24) is 0 Å². The summed E-state index contributed by atoms with van der Waals surface area (Å²) in [5, 5.41) is 0. The Kier molecular flexibility index (Phi) is 3.07. The maximum Gasteiger partial charge on any atom is 0.192 e. The molecule has 2 atom stereocenters. The number of hydrogen-bond donors (Lipinski definition) is 0. The smallest absolute Gasteiger partial charge is 0.192 e. The van der Waals surface area contributed by atoms with E-state index in [1.807, 2.05) is 6.92 Å². The molecule has 0 bridgehead atoms. The number of ether oxygens (including phenoxy) is 2. The van der Waals surface area contributed by atoms with Crippen molar-refractivity contribution in [3.8, 4) is 11.1 Å². The lowest BCUT2D eigenvalue weighted by Gasteiger charge is -2.24. The van der Waals surface area contributed by atoms with Crippen LogP contribution in [0.2, 0.25) is 0 Å². The lowest BCUT2D eigenvalue weighted by Crippen LogP contribution is -2.24. The van der Waals surface area contributed by atoms with Gasteiger partial charge in [0.1, 0.15) is 0 Å². The summed E-state index contributed by atoms with van der Waals surface area (Å²) < 4.78 is 11.8. The van der Waals surface area contributed by atoms with Crippen LogP contribution in [0, 0.1) is 0 Å². The van der Waals surface area contributed by atoms with E-state index in [1.165, 1.54) is 22.3 Å². The van der Waals surface area contributed by atoms with E-state index in [4.69, 9.17) is 21.1 Å². The van der Waals surface area contributed by atoms with E-state index >= 15 is 0 Å². The molecule has 4 rings (SSSR count). The van der Waals surface area contributed by atoms with Gasteiger partial charge in [-0.15, -0.1) is 11.6 Å². The lowest BCUT2D eigenvalue weighted by molar-refractivity contribution is -0.159. The number of rotatable bonds is 2. The van der Waals surface area contributed by atoms with Crippen molar-refractivity contribution < 1.29 is 9.47 Å². The van der Waals surface area contributed by atoms with E-state index in [-0.39, 0.29) is 6.10 Å². The highest BCUT2D eigenvalue weighted by Gasteiger charge is 2.39. The predicted octanol–water partition coefficient (Wildman–Crippen LogP) is 4.08.